The summed E-state index contributed by atoms with van der Waals surface area (Å²) in [6.45, 7) is 0. The van der Waals surface area contributed by atoms with Crippen LogP contribution in [0.15, 0.2) is 291 Å². The Morgan fingerprint density at radius 2 is 0.625 bits per heavy atom. The van der Waals surface area contributed by atoms with E-state index in [-0.39, 0.29) is 0 Å². The van der Waals surface area contributed by atoms with E-state index in [9.17, 15) is 0 Å². The first kappa shape index (κ1) is 43.8. The highest BCUT2D eigenvalue weighted by atomic mass is 15.2. The van der Waals surface area contributed by atoms with Gasteiger partial charge in [0, 0.05) is 27.5 Å². The van der Waals surface area contributed by atoms with Crippen LogP contribution in [0.5, 0.6) is 0 Å². The van der Waals surface area contributed by atoms with Gasteiger partial charge in [-0.25, -0.2) is 0 Å². The molecule has 14 aromatic rings. The van der Waals surface area contributed by atoms with Gasteiger partial charge in [-0.15, -0.1) is 0 Å². The molecule has 2 heteroatoms. The van der Waals surface area contributed by atoms with E-state index >= 15 is 0 Å². The Morgan fingerprint density at radius 1 is 0.237 bits per heavy atom. The molecule has 2 heterocycles. The van der Waals surface area contributed by atoms with Crippen LogP contribution in [-0.2, 0) is 10.8 Å². The summed E-state index contributed by atoms with van der Waals surface area (Å²) in [5, 5.41) is 5.01. The van der Waals surface area contributed by atoms with Gasteiger partial charge in [0.15, 0.2) is 0 Å². The summed E-state index contributed by atoms with van der Waals surface area (Å²) in [7, 11) is 0. The minimum atomic E-state index is -0.638. The van der Waals surface area contributed by atoms with E-state index in [1.54, 1.807) is 0 Å². The molecule has 0 saturated carbocycles. The van der Waals surface area contributed by atoms with Crippen LogP contribution in [0.25, 0.3) is 93.9 Å². The quantitative estimate of drug-likeness (QED) is 0.167. The lowest BCUT2D eigenvalue weighted by molar-refractivity contribution is 0.748. The van der Waals surface area contributed by atoms with Crippen LogP contribution in [0.4, 0.5) is 17.1 Å². The lowest BCUT2D eigenvalue weighted by atomic mass is 9.65. The molecule has 18 rings (SSSR count). The summed E-state index contributed by atoms with van der Waals surface area (Å²) < 4.78 is 2.54. The normalized spacial score (nSPS) is 15.2. The van der Waals surface area contributed by atoms with Crippen molar-refractivity contribution in [3.05, 3.63) is 336 Å². The minimum absolute atomic E-state index is 0.528. The molecule has 1 aliphatic heterocycles. The Hall–Kier alpha value is -10.3. The van der Waals surface area contributed by atoms with Gasteiger partial charge in [0.1, 0.15) is 0 Å². The summed E-state index contributed by atoms with van der Waals surface area (Å²) >= 11 is 0. The molecule has 1 unspecified atom stereocenters. The standard InChI is InChI=1S/C78H48N2/c1-2-25-50-49(23-1)24-19-34-51(50)52-26-3-4-27-53(52)56-30-9-16-44-69(56)79(72-47-21-41-66-74(72)59-32-7-13-38-63(59)77(66)61-36-11-5-28-54(61)55-29-6-12-37-62(55)77)73-48-22-42-67-75(73)60-33-8-14-39-64(60)78(67)65-40-15-18-46-71(65)80-70-45-17-10-31-57(70)58-35-20-43-68(78)76(58)80/h1-48H. The molecule has 80 heavy (non-hydrogen) atoms. The van der Waals surface area contributed by atoms with Gasteiger partial charge in [-0.1, -0.05) is 261 Å². The van der Waals surface area contributed by atoms with Crippen molar-refractivity contribution in [1.82, 2.24) is 4.57 Å². The van der Waals surface area contributed by atoms with Crippen molar-refractivity contribution in [2.24, 2.45) is 0 Å². The van der Waals surface area contributed by atoms with Gasteiger partial charge in [-0.2, -0.15) is 0 Å². The molecule has 0 radical (unpaired) electrons. The topological polar surface area (TPSA) is 8.17 Å². The van der Waals surface area contributed by atoms with Crippen molar-refractivity contribution >= 4 is 49.6 Å². The fraction of sp³-hybridized carbons (Fsp3) is 0.0256. The predicted octanol–water partition coefficient (Wildman–Crippen LogP) is 19.8. The van der Waals surface area contributed by atoms with E-state index in [0.717, 1.165) is 22.6 Å². The highest BCUT2D eigenvalue weighted by Gasteiger charge is 2.54. The summed E-state index contributed by atoms with van der Waals surface area (Å²) in [6, 6.07) is 110. The molecule has 13 aromatic carbocycles. The van der Waals surface area contributed by atoms with Crippen LogP contribution in [0.3, 0.4) is 0 Å². The number of anilines is 3. The highest BCUT2D eigenvalue weighted by Crippen LogP contribution is 2.67. The number of nitrogens with zero attached hydrogens (tertiary/aromatic N) is 2. The number of rotatable bonds is 5. The summed E-state index contributed by atoms with van der Waals surface area (Å²) in [6.07, 6.45) is 0. The zero-order valence-corrected chi connectivity index (χ0v) is 43.6. The number of para-hydroxylation sites is 4. The van der Waals surface area contributed by atoms with Gasteiger partial charge >= 0.3 is 0 Å². The van der Waals surface area contributed by atoms with E-state index in [2.05, 4.69) is 301 Å². The maximum Gasteiger partial charge on any atom is 0.0755 e. The van der Waals surface area contributed by atoms with Gasteiger partial charge in [-0.05, 0) is 125 Å². The van der Waals surface area contributed by atoms with Crippen molar-refractivity contribution < 1.29 is 0 Å². The number of fused-ring (bicyclic) bond motifs is 23. The van der Waals surface area contributed by atoms with Crippen molar-refractivity contribution in [3.8, 4) is 61.3 Å². The predicted molar refractivity (Wildman–Crippen MR) is 331 cm³/mol. The van der Waals surface area contributed by atoms with E-state index in [0.29, 0.717) is 0 Å². The van der Waals surface area contributed by atoms with Gasteiger partial charge in [0.2, 0.25) is 0 Å². The number of hydrogen-bond donors (Lipinski definition) is 0. The van der Waals surface area contributed by atoms with Gasteiger partial charge in [-0.3, -0.25) is 0 Å². The molecule has 1 atom stereocenters. The molecular weight excluding hydrogens is 965 g/mol. The second kappa shape index (κ2) is 16.1. The Bertz CT molecular complexity index is 4940. The third-order valence-electron chi connectivity index (χ3n) is 18.6. The van der Waals surface area contributed by atoms with Crippen molar-refractivity contribution in [1.29, 1.82) is 0 Å². The minimum Gasteiger partial charge on any atom is -0.309 e. The Labute approximate surface area is 464 Å². The third kappa shape index (κ3) is 5.38. The largest absolute Gasteiger partial charge is 0.309 e. The molecule has 0 amide bonds. The maximum absolute atomic E-state index is 2.66. The third-order valence-corrected chi connectivity index (χ3v) is 18.6. The lowest BCUT2D eigenvalue weighted by Gasteiger charge is -2.40. The Morgan fingerprint density at radius 3 is 1.29 bits per heavy atom. The fourth-order valence-electron chi connectivity index (χ4n) is 15.8. The molecule has 0 N–H and O–H groups in total. The molecule has 3 aliphatic carbocycles. The second-order valence-electron chi connectivity index (χ2n) is 22.1. The smallest absolute Gasteiger partial charge is 0.0755 e. The summed E-state index contributed by atoms with van der Waals surface area (Å²) in [5.74, 6) is 0. The van der Waals surface area contributed by atoms with Gasteiger partial charge in [0.25, 0.3) is 0 Å². The van der Waals surface area contributed by atoms with Crippen LogP contribution in [0, 0.1) is 0 Å². The van der Waals surface area contributed by atoms with Crippen molar-refractivity contribution in [2.75, 3.05) is 4.90 Å². The monoisotopic (exact) mass is 1010 g/mol. The molecule has 0 saturated heterocycles. The van der Waals surface area contributed by atoms with E-state index in [4.69, 9.17) is 0 Å². The zero-order chi connectivity index (χ0) is 52.3. The van der Waals surface area contributed by atoms with E-state index in [1.807, 2.05) is 0 Å². The zero-order valence-electron chi connectivity index (χ0n) is 43.6. The first-order valence-corrected chi connectivity index (χ1v) is 28.0. The Kier molecular flexibility index (Phi) is 8.83. The second-order valence-corrected chi connectivity index (χ2v) is 22.1. The summed E-state index contributed by atoms with van der Waals surface area (Å²) in [5.41, 5.74) is 28.8. The molecule has 0 fully saturated rings. The van der Waals surface area contributed by atoms with Crippen molar-refractivity contribution in [3.63, 3.8) is 0 Å². The first-order valence-electron chi connectivity index (χ1n) is 28.0. The highest BCUT2D eigenvalue weighted by molar-refractivity contribution is 6.14. The average Bonchev–Trinajstić information content (AvgIpc) is 4.42. The number of hydrogen-bond acceptors (Lipinski definition) is 1. The molecule has 1 aromatic heterocycles. The van der Waals surface area contributed by atoms with Crippen LogP contribution in [0.2, 0.25) is 0 Å². The van der Waals surface area contributed by atoms with Gasteiger partial charge < -0.3 is 9.47 Å². The maximum atomic E-state index is 2.66. The fourth-order valence-corrected chi connectivity index (χ4v) is 15.8. The number of aromatic nitrogens is 1. The molecule has 2 nitrogen and oxygen atoms in total. The molecule has 370 valence electrons. The van der Waals surface area contributed by atoms with Crippen LogP contribution in [-0.4, -0.2) is 4.57 Å². The average molecular weight is 1010 g/mol. The molecular formula is C78H48N2. The molecule has 2 spiro atoms. The number of benzene rings is 13. The van der Waals surface area contributed by atoms with E-state index < -0.39 is 10.8 Å². The van der Waals surface area contributed by atoms with Crippen molar-refractivity contribution in [2.45, 2.75) is 10.8 Å². The first-order chi connectivity index (χ1) is 39.8. The van der Waals surface area contributed by atoms with Gasteiger partial charge in [0.05, 0.1) is 44.6 Å². The van der Waals surface area contributed by atoms with E-state index in [1.165, 1.54) is 133 Å². The van der Waals surface area contributed by atoms with Crippen LogP contribution < -0.4 is 4.90 Å². The van der Waals surface area contributed by atoms with Crippen LogP contribution in [0.1, 0.15) is 44.5 Å². The van der Waals surface area contributed by atoms with Crippen LogP contribution >= 0.6 is 0 Å². The Balaban J connectivity index is 0.977. The summed E-state index contributed by atoms with van der Waals surface area (Å²) in [4.78, 5) is 2.66. The lowest BCUT2D eigenvalue weighted by Crippen LogP contribution is -2.33. The molecule has 4 aliphatic rings. The molecule has 0 bridgehead atoms. The SMILES string of the molecule is c1ccc(-c2cccc3ccccc23)c(-c2ccccc2N(c2cccc3c2-c2ccccc2C32c3ccccc3-c3ccccc32)c2cccc3c2-c2ccccc2C32c3ccccc3-n3c4ccccc4c4cccc2c43)c1.